The molecule has 14 heavy (non-hydrogen) atoms. The molecule has 0 amide bonds. The van der Waals surface area contributed by atoms with Crippen LogP contribution in [0, 0.1) is 0 Å². The highest BCUT2D eigenvalue weighted by Crippen LogP contribution is 2.26. The van der Waals surface area contributed by atoms with Crippen LogP contribution in [-0.2, 0) is 10.2 Å². The second kappa shape index (κ2) is 4.85. The number of hydrogen-bond acceptors (Lipinski definition) is 1. The van der Waals surface area contributed by atoms with E-state index in [0.29, 0.717) is 0 Å². The summed E-state index contributed by atoms with van der Waals surface area (Å²) >= 11 is 0. The van der Waals surface area contributed by atoms with Crippen molar-refractivity contribution in [3.63, 3.8) is 0 Å². The summed E-state index contributed by atoms with van der Waals surface area (Å²) in [6.07, 6.45) is 4.79. The van der Waals surface area contributed by atoms with Gasteiger partial charge >= 0.3 is 0 Å². The third-order valence-corrected chi connectivity index (χ3v) is 2.42. The largest absolute Gasteiger partial charge is 0.505 e. The number of ether oxygens (including phenoxy) is 1. The van der Waals surface area contributed by atoms with E-state index in [1.807, 2.05) is 6.07 Å². The molecule has 0 aliphatic carbocycles. The Kier molecular flexibility index (Phi) is 3.75. The van der Waals surface area contributed by atoms with E-state index in [2.05, 4.69) is 44.2 Å². The van der Waals surface area contributed by atoms with Gasteiger partial charge in [-0.3, -0.25) is 0 Å². The minimum Gasteiger partial charge on any atom is -0.505 e. The van der Waals surface area contributed by atoms with E-state index in [1.54, 1.807) is 13.4 Å². The van der Waals surface area contributed by atoms with Crippen LogP contribution in [0.2, 0.25) is 0 Å². The number of benzene rings is 1. The number of allylic oxidation sites excluding steroid dienone is 1. The van der Waals surface area contributed by atoms with Crippen LogP contribution in [0.3, 0.4) is 0 Å². The van der Waals surface area contributed by atoms with Crippen molar-refractivity contribution in [2.75, 3.05) is 7.11 Å². The van der Waals surface area contributed by atoms with Gasteiger partial charge in [0.1, 0.15) is 0 Å². The maximum Gasteiger partial charge on any atom is 0.0785 e. The van der Waals surface area contributed by atoms with Gasteiger partial charge in [0.2, 0.25) is 0 Å². The minimum absolute atomic E-state index is 0.177. The smallest absolute Gasteiger partial charge is 0.0785 e. The van der Waals surface area contributed by atoms with E-state index < -0.39 is 0 Å². The SMILES string of the molecule is COC=CCC(C)(C)c1ccccc1. The lowest BCUT2D eigenvalue weighted by Gasteiger charge is -2.23. The van der Waals surface area contributed by atoms with E-state index in [9.17, 15) is 0 Å². The van der Waals surface area contributed by atoms with Gasteiger partial charge in [0.05, 0.1) is 13.4 Å². The summed E-state index contributed by atoms with van der Waals surface area (Å²) in [4.78, 5) is 0. The lowest BCUT2D eigenvalue weighted by molar-refractivity contribution is 0.334. The fraction of sp³-hybridized carbons (Fsp3) is 0.385. The molecule has 76 valence electrons. The standard InChI is InChI=1S/C13H18O/c1-13(2,10-7-11-14-3)12-8-5-4-6-9-12/h4-9,11H,10H2,1-3H3. The molecule has 0 saturated carbocycles. The number of methoxy groups -OCH3 is 1. The Morgan fingerprint density at radius 2 is 1.86 bits per heavy atom. The van der Waals surface area contributed by atoms with E-state index in [0.717, 1.165) is 6.42 Å². The third kappa shape index (κ3) is 2.91. The first kappa shape index (κ1) is 10.8. The molecule has 0 aliphatic heterocycles. The van der Waals surface area contributed by atoms with Crippen LogP contribution in [0.5, 0.6) is 0 Å². The predicted molar refractivity (Wildman–Crippen MR) is 60.2 cm³/mol. The van der Waals surface area contributed by atoms with Crippen LogP contribution in [0.25, 0.3) is 0 Å². The van der Waals surface area contributed by atoms with Crippen molar-refractivity contribution < 1.29 is 4.74 Å². The summed E-state index contributed by atoms with van der Waals surface area (Å²) in [7, 11) is 1.67. The average molecular weight is 190 g/mol. The van der Waals surface area contributed by atoms with Gasteiger partial charge in [0, 0.05) is 0 Å². The molecule has 0 fully saturated rings. The van der Waals surface area contributed by atoms with Gasteiger partial charge in [-0.25, -0.2) is 0 Å². The Morgan fingerprint density at radius 1 is 1.21 bits per heavy atom. The molecule has 0 radical (unpaired) electrons. The van der Waals surface area contributed by atoms with E-state index in [4.69, 9.17) is 4.74 Å². The highest BCUT2D eigenvalue weighted by atomic mass is 16.5. The molecule has 0 heterocycles. The first-order valence-electron chi connectivity index (χ1n) is 4.90. The topological polar surface area (TPSA) is 9.23 Å². The first-order chi connectivity index (χ1) is 6.67. The second-order valence-electron chi connectivity index (χ2n) is 4.06. The van der Waals surface area contributed by atoms with Crippen LogP contribution >= 0.6 is 0 Å². The van der Waals surface area contributed by atoms with Gasteiger partial charge < -0.3 is 4.74 Å². The van der Waals surface area contributed by atoms with E-state index in [-0.39, 0.29) is 5.41 Å². The molecule has 1 nitrogen and oxygen atoms in total. The van der Waals surface area contributed by atoms with Crippen LogP contribution in [0.1, 0.15) is 25.8 Å². The molecular formula is C13H18O. The van der Waals surface area contributed by atoms with Crippen molar-refractivity contribution in [2.24, 2.45) is 0 Å². The Balaban J connectivity index is 2.70. The molecule has 1 aromatic carbocycles. The maximum absolute atomic E-state index is 4.89. The van der Waals surface area contributed by atoms with Crippen molar-refractivity contribution in [2.45, 2.75) is 25.7 Å². The minimum atomic E-state index is 0.177. The summed E-state index contributed by atoms with van der Waals surface area (Å²) in [5, 5.41) is 0. The average Bonchev–Trinajstić information content (AvgIpc) is 2.19. The zero-order valence-electron chi connectivity index (χ0n) is 9.16. The molecule has 0 aliphatic rings. The summed E-state index contributed by atoms with van der Waals surface area (Å²) in [5.74, 6) is 0. The van der Waals surface area contributed by atoms with Crippen LogP contribution in [0.15, 0.2) is 42.7 Å². The van der Waals surface area contributed by atoms with Gasteiger partial charge in [-0.1, -0.05) is 44.2 Å². The summed E-state index contributed by atoms with van der Waals surface area (Å²) < 4.78 is 4.89. The molecule has 0 atom stereocenters. The van der Waals surface area contributed by atoms with Crippen molar-refractivity contribution in [1.29, 1.82) is 0 Å². The van der Waals surface area contributed by atoms with Crippen LogP contribution in [0.4, 0.5) is 0 Å². The fourth-order valence-electron chi connectivity index (χ4n) is 1.45. The molecule has 0 N–H and O–H groups in total. The van der Waals surface area contributed by atoms with Crippen molar-refractivity contribution in [3.8, 4) is 0 Å². The van der Waals surface area contributed by atoms with Crippen molar-refractivity contribution in [3.05, 3.63) is 48.2 Å². The molecule has 1 aromatic rings. The Morgan fingerprint density at radius 3 is 2.43 bits per heavy atom. The molecule has 0 spiro atoms. The highest BCUT2D eigenvalue weighted by molar-refractivity contribution is 5.24. The molecule has 0 aromatic heterocycles. The van der Waals surface area contributed by atoms with Gasteiger partial charge in [-0.15, -0.1) is 0 Å². The third-order valence-electron chi connectivity index (χ3n) is 2.42. The van der Waals surface area contributed by atoms with Crippen molar-refractivity contribution in [1.82, 2.24) is 0 Å². The quantitative estimate of drug-likeness (QED) is 0.660. The normalized spacial score (nSPS) is 11.9. The first-order valence-corrected chi connectivity index (χ1v) is 4.90. The molecule has 0 bridgehead atoms. The maximum atomic E-state index is 4.89. The Labute approximate surface area is 86.4 Å². The summed E-state index contributed by atoms with van der Waals surface area (Å²) in [6.45, 7) is 4.48. The van der Waals surface area contributed by atoms with E-state index >= 15 is 0 Å². The Bertz CT molecular complexity index is 285. The van der Waals surface area contributed by atoms with E-state index in [1.165, 1.54) is 5.56 Å². The molecule has 0 unspecified atom stereocenters. The summed E-state index contributed by atoms with van der Waals surface area (Å²) in [5.41, 5.74) is 1.54. The zero-order chi connectivity index (χ0) is 10.4. The predicted octanol–water partition coefficient (Wildman–Crippen LogP) is 3.51. The van der Waals surface area contributed by atoms with Crippen LogP contribution in [-0.4, -0.2) is 7.11 Å². The van der Waals surface area contributed by atoms with Gasteiger partial charge in [0.15, 0.2) is 0 Å². The second-order valence-corrected chi connectivity index (χ2v) is 4.06. The lowest BCUT2D eigenvalue weighted by Crippen LogP contribution is -2.15. The fourth-order valence-corrected chi connectivity index (χ4v) is 1.45. The molecule has 1 heteroatoms. The molecular weight excluding hydrogens is 172 g/mol. The molecule has 0 saturated heterocycles. The zero-order valence-corrected chi connectivity index (χ0v) is 9.16. The van der Waals surface area contributed by atoms with Gasteiger partial charge in [0.25, 0.3) is 0 Å². The lowest BCUT2D eigenvalue weighted by atomic mass is 9.82. The molecule has 1 rings (SSSR count). The van der Waals surface area contributed by atoms with Gasteiger partial charge in [-0.2, -0.15) is 0 Å². The Hall–Kier alpha value is -1.24. The van der Waals surface area contributed by atoms with Crippen molar-refractivity contribution >= 4 is 0 Å². The summed E-state index contributed by atoms with van der Waals surface area (Å²) in [6, 6.07) is 10.5. The highest BCUT2D eigenvalue weighted by Gasteiger charge is 2.17. The van der Waals surface area contributed by atoms with Gasteiger partial charge in [-0.05, 0) is 23.5 Å². The van der Waals surface area contributed by atoms with Crippen LogP contribution < -0.4 is 0 Å². The number of rotatable bonds is 4. The number of hydrogen-bond donors (Lipinski definition) is 0. The monoisotopic (exact) mass is 190 g/mol.